The summed E-state index contributed by atoms with van der Waals surface area (Å²) in [5.74, 6) is 0.0276. The molecule has 4 nitrogen and oxygen atoms in total. The lowest BCUT2D eigenvalue weighted by Crippen LogP contribution is -2.37. The standard InChI is InChI=1S/C23H27N3OS/c1-26(20-12-6-3-7-13-20)16-9-15-24-22(27)18-25-23(21-14-8-17-28-21)19-10-4-2-5-11-19/h2-8,10-14,17,23,25H,9,15-16,18H2,1H3,(H,24,27)/t23-/m0/s1. The number of para-hydroxylation sites is 1. The Hall–Kier alpha value is -2.63. The Morgan fingerprint density at radius 1 is 1.00 bits per heavy atom. The molecule has 0 saturated heterocycles. The van der Waals surface area contributed by atoms with Crippen molar-refractivity contribution in [2.75, 3.05) is 31.6 Å². The van der Waals surface area contributed by atoms with Crippen molar-refractivity contribution in [1.82, 2.24) is 10.6 Å². The van der Waals surface area contributed by atoms with Gasteiger partial charge in [0, 0.05) is 30.7 Å². The lowest BCUT2D eigenvalue weighted by molar-refractivity contribution is -0.120. The quantitative estimate of drug-likeness (QED) is 0.511. The minimum atomic E-state index is 0.0276. The van der Waals surface area contributed by atoms with E-state index in [2.05, 4.69) is 58.3 Å². The van der Waals surface area contributed by atoms with Gasteiger partial charge in [-0.2, -0.15) is 0 Å². The number of nitrogens with zero attached hydrogens (tertiary/aromatic N) is 1. The third kappa shape index (κ3) is 5.94. The molecule has 1 aromatic heterocycles. The first-order valence-electron chi connectivity index (χ1n) is 9.58. The zero-order chi connectivity index (χ0) is 19.6. The van der Waals surface area contributed by atoms with Gasteiger partial charge in [0.15, 0.2) is 0 Å². The van der Waals surface area contributed by atoms with Gasteiger partial charge in [0.05, 0.1) is 12.6 Å². The number of hydrogen-bond acceptors (Lipinski definition) is 4. The predicted octanol–water partition coefficient (Wildman–Crippen LogP) is 4.07. The average Bonchev–Trinajstić information content (AvgIpc) is 3.27. The van der Waals surface area contributed by atoms with Crippen LogP contribution in [0.15, 0.2) is 78.2 Å². The highest BCUT2D eigenvalue weighted by Gasteiger charge is 2.15. The van der Waals surface area contributed by atoms with Gasteiger partial charge in [0.25, 0.3) is 0 Å². The summed E-state index contributed by atoms with van der Waals surface area (Å²) in [5.41, 5.74) is 2.36. The first kappa shape index (κ1) is 20.1. The van der Waals surface area contributed by atoms with Crippen LogP contribution >= 0.6 is 11.3 Å². The molecule has 2 aromatic carbocycles. The van der Waals surface area contributed by atoms with Crippen LogP contribution in [0, 0.1) is 0 Å². The summed E-state index contributed by atoms with van der Waals surface area (Å²) in [4.78, 5) is 15.7. The van der Waals surface area contributed by atoms with Gasteiger partial charge in [0.2, 0.25) is 5.91 Å². The Morgan fingerprint density at radius 2 is 1.71 bits per heavy atom. The van der Waals surface area contributed by atoms with Crippen molar-refractivity contribution in [3.63, 3.8) is 0 Å². The van der Waals surface area contributed by atoms with Crippen LogP contribution in [0.4, 0.5) is 5.69 Å². The van der Waals surface area contributed by atoms with E-state index in [1.54, 1.807) is 11.3 Å². The van der Waals surface area contributed by atoms with Gasteiger partial charge >= 0.3 is 0 Å². The van der Waals surface area contributed by atoms with Crippen LogP contribution in [0.1, 0.15) is 22.9 Å². The maximum atomic E-state index is 12.3. The molecule has 0 fully saturated rings. The predicted molar refractivity (Wildman–Crippen MR) is 118 cm³/mol. The summed E-state index contributed by atoms with van der Waals surface area (Å²) in [6.07, 6.45) is 0.907. The Kier molecular flexibility index (Phi) is 7.64. The SMILES string of the molecule is CN(CCCNC(=O)CN[C@@H](c1ccccc1)c1cccs1)c1ccccc1. The molecule has 146 valence electrons. The zero-order valence-corrected chi connectivity index (χ0v) is 17.0. The topological polar surface area (TPSA) is 44.4 Å². The summed E-state index contributed by atoms with van der Waals surface area (Å²) in [5, 5.41) is 8.48. The largest absolute Gasteiger partial charge is 0.375 e. The molecule has 0 saturated carbocycles. The molecule has 28 heavy (non-hydrogen) atoms. The highest BCUT2D eigenvalue weighted by molar-refractivity contribution is 7.10. The van der Waals surface area contributed by atoms with Crippen molar-refractivity contribution < 1.29 is 4.79 Å². The fraction of sp³-hybridized carbons (Fsp3) is 0.261. The molecule has 0 bridgehead atoms. The second-order valence-electron chi connectivity index (χ2n) is 6.70. The van der Waals surface area contributed by atoms with Crippen LogP contribution in [-0.2, 0) is 4.79 Å². The Morgan fingerprint density at radius 3 is 2.39 bits per heavy atom. The first-order valence-corrected chi connectivity index (χ1v) is 10.5. The lowest BCUT2D eigenvalue weighted by Gasteiger charge is -2.20. The van der Waals surface area contributed by atoms with Crippen LogP contribution in [0.5, 0.6) is 0 Å². The van der Waals surface area contributed by atoms with Gasteiger partial charge in [-0.25, -0.2) is 0 Å². The Balaban J connectivity index is 1.43. The Bertz CT molecular complexity index is 822. The van der Waals surface area contributed by atoms with Crippen LogP contribution in [0.2, 0.25) is 0 Å². The number of carbonyl (C=O) groups is 1. The van der Waals surface area contributed by atoms with Gasteiger partial charge in [-0.1, -0.05) is 54.6 Å². The number of hydrogen-bond donors (Lipinski definition) is 2. The van der Waals surface area contributed by atoms with E-state index in [0.29, 0.717) is 13.1 Å². The molecule has 3 rings (SSSR count). The lowest BCUT2D eigenvalue weighted by atomic mass is 10.1. The van der Waals surface area contributed by atoms with Crippen LogP contribution in [0.3, 0.4) is 0 Å². The second-order valence-corrected chi connectivity index (χ2v) is 7.68. The molecule has 0 aliphatic heterocycles. The number of nitrogens with one attached hydrogen (secondary N) is 2. The molecule has 1 amide bonds. The molecule has 0 aliphatic rings. The normalized spacial score (nSPS) is 11.8. The highest BCUT2D eigenvalue weighted by atomic mass is 32.1. The number of anilines is 1. The summed E-state index contributed by atoms with van der Waals surface area (Å²) >= 11 is 1.70. The summed E-state index contributed by atoms with van der Waals surface area (Å²) in [7, 11) is 2.07. The fourth-order valence-electron chi connectivity index (χ4n) is 3.10. The molecule has 0 unspecified atom stereocenters. The van der Waals surface area contributed by atoms with E-state index in [1.165, 1.54) is 16.1 Å². The molecule has 1 heterocycles. The van der Waals surface area contributed by atoms with E-state index >= 15 is 0 Å². The smallest absolute Gasteiger partial charge is 0.233 e. The van der Waals surface area contributed by atoms with Crippen molar-refractivity contribution in [1.29, 1.82) is 0 Å². The van der Waals surface area contributed by atoms with E-state index in [4.69, 9.17) is 0 Å². The van der Waals surface area contributed by atoms with Crippen LogP contribution < -0.4 is 15.5 Å². The molecular weight excluding hydrogens is 366 g/mol. The van der Waals surface area contributed by atoms with E-state index in [0.717, 1.165) is 13.0 Å². The van der Waals surface area contributed by atoms with Crippen molar-refractivity contribution >= 4 is 22.9 Å². The van der Waals surface area contributed by atoms with Crippen molar-refractivity contribution in [3.8, 4) is 0 Å². The number of carbonyl (C=O) groups excluding carboxylic acids is 1. The average molecular weight is 394 g/mol. The molecule has 0 spiro atoms. The number of benzene rings is 2. The molecule has 5 heteroatoms. The maximum absolute atomic E-state index is 12.3. The minimum Gasteiger partial charge on any atom is -0.375 e. The summed E-state index contributed by atoms with van der Waals surface area (Å²) in [6, 6.07) is 24.7. The van der Waals surface area contributed by atoms with Crippen LogP contribution in [-0.4, -0.2) is 32.6 Å². The van der Waals surface area contributed by atoms with Crippen molar-refractivity contribution in [2.45, 2.75) is 12.5 Å². The van der Waals surface area contributed by atoms with Gasteiger partial charge in [-0.15, -0.1) is 11.3 Å². The van der Waals surface area contributed by atoms with Crippen molar-refractivity contribution in [2.24, 2.45) is 0 Å². The fourth-order valence-corrected chi connectivity index (χ4v) is 3.92. The van der Waals surface area contributed by atoms with E-state index in [9.17, 15) is 4.79 Å². The van der Waals surface area contributed by atoms with Gasteiger partial charge < -0.3 is 10.2 Å². The third-order valence-corrected chi connectivity index (χ3v) is 5.55. The van der Waals surface area contributed by atoms with E-state index < -0.39 is 0 Å². The summed E-state index contributed by atoms with van der Waals surface area (Å²) in [6.45, 7) is 1.87. The minimum absolute atomic E-state index is 0.0276. The van der Waals surface area contributed by atoms with Gasteiger partial charge in [-0.3, -0.25) is 10.1 Å². The molecule has 0 radical (unpaired) electrons. The molecule has 2 N–H and O–H groups in total. The molecule has 1 atom stereocenters. The number of thiophene rings is 1. The van der Waals surface area contributed by atoms with E-state index in [1.807, 2.05) is 42.5 Å². The monoisotopic (exact) mass is 393 g/mol. The summed E-state index contributed by atoms with van der Waals surface area (Å²) < 4.78 is 0. The second kappa shape index (κ2) is 10.6. The van der Waals surface area contributed by atoms with Crippen LogP contribution in [0.25, 0.3) is 0 Å². The molecule has 0 aliphatic carbocycles. The molecule has 3 aromatic rings. The third-order valence-electron chi connectivity index (χ3n) is 4.62. The van der Waals surface area contributed by atoms with E-state index in [-0.39, 0.29) is 11.9 Å². The number of amides is 1. The maximum Gasteiger partial charge on any atom is 0.233 e. The van der Waals surface area contributed by atoms with Gasteiger partial charge in [0.1, 0.15) is 0 Å². The van der Waals surface area contributed by atoms with Gasteiger partial charge in [-0.05, 0) is 35.6 Å². The van der Waals surface area contributed by atoms with Crippen molar-refractivity contribution in [3.05, 3.63) is 88.6 Å². The molecular formula is C23H27N3OS. The Labute approximate surface area is 171 Å². The zero-order valence-electron chi connectivity index (χ0n) is 16.2. The number of rotatable bonds is 10. The first-order chi connectivity index (χ1) is 13.7. The highest BCUT2D eigenvalue weighted by Crippen LogP contribution is 2.25.